The first-order chi connectivity index (χ1) is 15.4. The maximum atomic E-state index is 15.0. The lowest BCUT2D eigenvalue weighted by atomic mass is 9.75. The summed E-state index contributed by atoms with van der Waals surface area (Å²) in [4.78, 5) is 12.2. The Morgan fingerprint density at radius 3 is 2.42 bits per heavy atom. The predicted octanol–water partition coefficient (Wildman–Crippen LogP) is 6.87. The number of ether oxygens (including phenoxy) is 2. The first-order valence-electron chi connectivity index (χ1n) is 12.3. The number of rotatable bonds is 12. The molecule has 7 heteroatoms. The highest BCUT2D eigenvalue weighted by Crippen LogP contribution is 2.45. The average Bonchev–Trinajstić information content (AvgIpc) is 3.15. The molecule has 1 heterocycles. The SMILES string of the molecule is CC(CCC(CC(F)(F)CCCCC#N)C1=C(C(=O)O)CC2(CC1)OCCO2)CC(C)(C)C. The van der Waals surface area contributed by atoms with E-state index in [2.05, 4.69) is 27.7 Å². The Kier molecular flexibility index (Phi) is 9.87. The van der Waals surface area contributed by atoms with Crippen molar-refractivity contribution in [3.63, 3.8) is 0 Å². The van der Waals surface area contributed by atoms with Gasteiger partial charge in [-0.1, -0.05) is 39.7 Å². The molecule has 2 rings (SSSR count). The Morgan fingerprint density at radius 2 is 1.85 bits per heavy atom. The number of carboxylic acid groups (broad SMARTS) is 1. The van der Waals surface area contributed by atoms with Crippen molar-refractivity contribution in [1.82, 2.24) is 0 Å². The van der Waals surface area contributed by atoms with Crippen LogP contribution in [0.25, 0.3) is 0 Å². The Balaban J connectivity index is 2.22. The molecule has 0 radical (unpaired) electrons. The molecule has 33 heavy (non-hydrogen) atoms. The van der Waals surface area contributed by atoms with Gasteiger partial charge in [0.25, 0.3) is 0 Å². The van der Waals surface area contributed by atoms with Crippen LogP contribution in [0.1, 0.15) is 98.3 Å². The summed E-state index contributed by atoms with van der Waals surface area (Å²) in [5.74, 6) is -4.99. The van der Waals surface area contributed by atoms with Crippen molar-refractivity contribution in [3.8, 4) is 6.07 Å². The minimum absolute atomic E-state index is 0.111. The predicted molar refractivity (Wildman–Crippen MR) is 123 cm³/mol. The van der Waals surface area contributed by atoms with Crippen LogP contribution in [-0.2, 0) is 14.3 Å². The zero-order valence-corrected chi connectivity index (χ0v) is 20.7. The molecule has 1 aliphatic heterocycles. The largest absolute Gasteiger partial charge is 0.478 e. The van der Waals surface area contributed by atoms with Crippen LogP contribution in [-0.4, -0.2) is 36.0 Å². The summed E-state index contributed by atoms with van der Waals surface area (Å²) in [7, 11) is 0. The highest BCUT2D eigenvalue weighted by atomic mass is 19.3. The molecular formula is C26H41F2NO4. The molecule has 2 aliphatic rings. The Labute approximate surface area is 197 Å². The van der Waals surface area contributed by atoms with Gasteiger partial charge < -0.3 is 14.6 Å². The molecule has 2 atom stereocenters. The Morgan fingerprint density at radius 1 is 1.18 bits per heavy atom. The quantitative estimate of drug-likeness (QED) is 0.315. The molecule has 5 nitrogen and oxygen atoms in total. The summed E-state index contributed by atoms with van der Waals surface area (Å²) >= 11 is 0. The average molecular weight is 470 g/mol. The molecule has 1 N–H and O–H groups in total. The zero-order valence-electron chi connectivity index (χ0n) is 20.7. The van der Waals surface area contributed by atoms with Gasteiger partial charge >= 0.3 is 5.97 Å². The van der Waals surface area contributed by atoms with E-state index in [9.17, 15) is 18.7 Å². The second-order valence-electron chi connectivity index (χ2n) is 11.2. The molecule has 0 bridgehead atoms. The normalized spacial score (nSPS) is 20.6. The van der Waals surface area contributed by atoms with E-state index >= 15 is 0 Å². The van der Waals surface area contributed by atoms with Gasteiger partial charge in [-0.05, 0) is 49.4 Å². The molecule has 1 spiro atoms. The molecule has 188 valence electrons. The third kappa shape index (κ3) is 8.98. The second kappa shape index (κ2) is 11.8. The summed E-state index contributed by atoms with van der Waals surface area (Å²) in [5.41, 5.74) is 0.989. The second-order valence-corrected chi connectivity index (χ2v) is 11.2. The lowest BCUT2D eigenvalue weighted by molar-refractivity contribution is -0.168. The number of hydrogen-bond donors (Lipinski definition) is 1. The maximum Gasteiger partial charge on any atom is 0.331 e. The molecule has 0 saturated carbocycles. The lowest BCUT2D eigenvalue weighted by Gasteiger charge is -2.37. The summed E-state index contributed by atoms with van der Waals surface area (Å²) in [6, 6.07) is 2.00. The maximum absolute atomic E-state index is 15.0. The number of nitriles is 1. The lowest BCUT2D eigenvalue weighted by Crippen LogP contribution is -2.37. The number of unbranched alkanes of at least 4 members (excludes halogenated alkanes) is 2. The van der Waals surface area contributed by atoms with E-state index in [4.69, 9.17) is 14.7 Å². The number of hydrogen-bond acceptors (Lipinski definition) is 4. The van der Waals surface area contributed by atoms with Crippen LogP contribution < -0.4 is 0 Å². The van der Waals surface area contributed by atoms with Gasteiger partial charge in [0.05, 0.1) is 19.3 Å². The van der Waals surface area contributed by atoms with E-state index < -0.39 is 23.6 Å². The van der Waals surface area contributed by atoms with Crippen molar-refractivity contribution in [1.29, 1.82) is 5.26 Å². The van der Waals surface area contributed by atoms with Crippen molar-refractivity contribution < 1.29 is 28.2 Å². The standard InChI is InChI=1S/C26H41F2NO4/c1-19(16-24(2,3)4)8-9-20(17-25(27,28)11-6-5-7-13-29)21-10-12-26(32-14-15-33-26)18-22(21)23(30)31/h19-20H,5-12,14-18H2,1-4H3,(H,30,31). The number of alkyl halides is 2. The van der Waals surface area contributed by atoms with E-state index in [1.54, 1.807) is 0 Å². The van der Waals surface area contributed by atoms with E-state index in [1.807, 2.05) is 6.07 Å². The van der Waals surface area contributed by atoms with Gasteiger partial charge in [-0.2, -0.15) is 5.26 Å². The van der Waals surface area contributed by atoms with Crippen molar-refractivity contribution in [2.45, 2.75) is 110 Å². The van der Waals surface area contributed by atoms with Crippen molar-refractivity contribution in [2.24, 2.45) is 17.3 Å². The van der Waals surface area contributed by atoms with E-state index in [-0.39, 0.29) is 36.7 Å². The van der Waals surface area contributed by atoms with Crippen molar-refractivity contribution >= 4 is 5.97 Å². The van der Waals surface area contributed by atoms with Crippen LogP contribution in [0.3, 0.4) is 0 Å². The van der Waals surface area contributed by atoms with Crippen LogP contribution in [0, 0.1) is 28.6 Å². The fourth-order valence-corrected chi connectivity index (χ4v) is 5.44. The first kappa shape index (κ1) is 27.7. The minimum Gasteiger partial charge on any atom is -0.478 e. The van der Waals surface area contributed by atoms with Gasteiger partial charge in [-0.15, -0.1) is 0 Å². The third-order valence-corrected chi connectivity index (χ3v) is 6.77. The molecule has 1 aliphatic carbocycles. The number of carboxylic acids is 1. The number of allylic oxidation sites excluding steroid dienone is 1. The van der Waals surface area contributed by atoms with Crippen LogP contribution in [0.4, 0.5) is 8.78 Å². The number of nitrogens with zero attached hydrogens (tertiary/aromatic N) is 1. The summed E-state index contributed by atoms with van der Waals surface area (Å²) < 4.78 is 41.4. The highest BCUT2D eigenvalue weighted by molar-refractivity contribution is 5.88. The van der Waals surface area contributed by atoms with Gasteiger partial charge in [0, 0.05) is 37.7 Å². The third-order valence-electron chi connectivity index (χ3n) is 6.77. The van der Waals surface area contributed by atoms with E-state index in [0.29, 0.717) is 56.8 Å². The smallest absolute Gasteiger partial charge is 0.331 e. The van der Waals surface area contributed by atoms with Crippen LogP contribution >= 0.6 is 0 Å². The van der Waals surface area contributed by atoms with Gasteiger partial charge in [-0.3, -0.25) is 0 Å². The number of carbonyl (C=O) groups is 1. The van der Waals surface area contributed by atoms with E-state index in [1.165, 1.54) is 0 Å². The Hall–Kier alpha value is -1.52. The van der Waals surface area contributed by atoms with Crippen LogP contribution in [0.2, 0.25) is 0 Å². The van der Waals surface area contributed by atoms with Gasteiger partial charge in [0.2, 0.25) is 5.92 Å². The summed E-state index contributed by atoms with van der Waals surface area (Å²) in [5, 5.41) is 18.6. The van der Waals surface area contributed by atoms with Gasteiger partial charge in [0.1, 0.15) is 0 Å². The monoisotopic (exact) mass is 469 g/mol. The van der Waals surface area contributed by atoms with Crippen molar-refractivity contribution in [2.75, 3.05) is 13.2 Å². The fourth-order valence-electron chi connectivity index (χ4n) is 5.44. The summed E-state index contributed by atoms with van der Waals surface area (Å²) in [6.07, 6.45) is 3.75. The fraction of sp³-hybridized carbons (Fsp3) is 0.846. The topological polar surface area (TPSA) is 79.6 Å². The van der Waals surface area contributed by atoms with Gasteiger partial charge in [0.15, 0.2) is 5.79 Å². The first-order valence-corrected chi connectivity index (χ1v) is 12.3. The highest BCUT2D eigenvalue weighted by Gasteiger charge is 2.45. The molecule has 0 amide bonds. The van der Waals surface area contributed by atoms with Crippen LogP contribution in [0.15, 0.2) is 11.1 Å². The molecule has 0 aromatic heterocycles. The molecular weight excluding hydrogens is 428 g/mol. The van der Waals surface area contributed by atoms with Crippen LogP contribution in [0.5, 0.6) is 0 Å². The number of halogens is 2. The molecule has 0 aromatic carbocycles. The van der Waals surface area contributed by atoms with Gasteiger partial charge in [-0.25, -0.2) is 13.6 Å². The Bertz CT molecular complexity index is 730. The molecule has 0 aromatic rings. The van der Waals surface area contributed by atoms with Crippen molar-refractivity contribution in [3.05, 3.63) is 11.1 Å². The zero-order chi connectivity index (χ0) is 24.7. The number of aliphatic carboxylic acids is 1. The molecule has 1 saturated heterocycles. The molecule has 2 unspecified atom stereocenters. The van der Waals surface area contributed by atoms with E-state index in [0.717, 1.165) is 12.8 Å². The molecule has 1 fully saturated rings. The minimum atomic E-state index is -2.89. The summed E-state index contributed by atoms with van der Waals surface area (Å²) in [6.45, 7) is 9.51.